The van der Waals surface area contributed by atoms with Crippen molar-refractivity contribution < 1.29 is 19.4 Å². The lowest BCUT2D eigenvalue weighted by atomic mass is 10.0. The van der Waals surface area contributed by atoms with Crippen LogP contribution in [0.4, 0.5) is 0 Å². The van der Waals surface area contributed by atoms with Crippen molar-refractivity contribution in [3.63, 3.8) is 0 Å². The van der Waals surface area contributed by atoms with Crippen LogP contribution in [0.15, 0.2) is 60.7 Å². The van der Waals surface area contributed by atoms with E-state index >= 15 is 0 Å². The lowest BCUT2D eigenvalue weighted by Gasteiger charge is -2.21. The molecule has 0 spiro atoms. The molecule has 0 saturated carbocycles. The zero-order valence-electron chi connectivity index (χ0n) is 13.9. The highest BCUT2D eigenvalue weighted by atomic mass is 16.5. The predicted molar refractivity (Wildman–Crippen MR) is 93.0 cm³/mol. The molecule has 0 radical (unpaired) electrons. The quantitative estimate of drug-likeness (QED) is 0.879. The van der Waals surface area contributed by atoms with E-state index in [1.165, 1.54) is 0 Å². The maximum Gasteiger partial charge on any atom is 0.308 e. The fourth-order valence-corrected chi connectivity index (χ4v) is 3.07. The second kappa shape index (κ2) is 7.94. The van der Waals surface area contributed by atoms with Gasteiger partial charge in [-0.15, -0.1) is 0 Å². The largest absolute Gasteiger partial charge is 0.481 e. The summed E-state index contributed by atoms with van der Waals surface area (Å²) in [7, 11) is 0. The highest BCUT2D eigenvalue weighted by molar-refractivity contribution is 5.79. The third-order valence-corrected chi connectivity index (χ3v) is 4.47. The molecule has 1 atom stereocenters. The number of hydrogen-bond acceptors (Lipinski definition) is 3. The van der Waals surface area contributed by atoms with E-state index in [9.17, 15) is 9.59 Å². The Kier molecular flexibility index (Phi) is 5.46. The summed E-state index contributed by atoms with van der Waals surface area (Å²) in [5.41, 5.74) is 1.96. The number of carboxylic acid groups (broad SMARTS) is 1. The molecule has 1 heterocycles. The van der Waals surface area contributed by atoms with Gasteiger partial charge in [-0.2, -0.15) is 0 Å². The summed E-state index contributed by atoms with van der Waals surface area (Å²) in [6.45, 7) is 0.667. The minimum atomic E-state index is -0.845. The first-order chi connectivity index (χ1) is 12.1. The Balaban J connectivity index is 1.67. The van der Waals surface area contributed by atoms with Crippen LogP contribution in [-0.2, 0) is 14.3 Å². The van der Waals surface area contributed by atoms with E-state index < -0.39 is 11.9 Å². The summed E-state index contributed by atoms with van der Waals surface area (Å²) in [5.74, 6) is -1.48. The molecule has 1 amide bonds. The molecule has 130 valence electrons. The van der Waals surface area contributed by atoms with Gasteiger partial charge in [0.1, 0.15) is 12.7 Å². The molecule has 5 heteroatoms. The molecule has 5 nitrogen and oxygen atoms in total. The van der Waals surface area contributed by atoms with Crippen LogP contribution >= 0.6 is 0 Å². The Bertz CT molecular complexity index is 677. The number of aliphatic carboxylic acids is 1. The van der Waals surface area contributed by atoms with Crippen molar-refractivity contribution in [1.82, 2.24) is 4.90 Å². The summed E-state index contributed by atoms with van der Waals surface area (Å²) in [4.78, 5) is 25.0. The third kappa shape index (κ3) is 4.25. The van der Waals surface area contributed by atoms with E-state index in [1.807, 2.05) is 60.7 Å². The number of likely N-dealkylation sites (tertiary alicyclic amines) is 1. The molecule has 0 aliphatic carbocycles. The molecule has 1 unspecified atom stereocenters. The van der Waals surface area contributed by atoms with E-state index in [0.29, 0.717) is 13.0 Å². The maximum absolute atomic E-state index is 12.4. The second-order valence-corrected chi connectivity index (χ2v) is 6.18. The van der Waals surface area contributed by atoms with Crippen LogP contribution in [0.5, 0.6) is 0 Å². The molecular formula is C20H21NO4. The topological polar surface area (TPSA) is 66.8 Å². The van der Waals surface area contributed by atoms with Crippen LogP contribution in [0, 0.1) is 5.92 Å². The summed E-state index contributed by atoms with van der Waals surface area (Å²) >= 11 is 0. The van der Waals surface area contributed by atoms with Crippen molar-refractivity contribution in [3.8, 4) is 0 Å². The Morgan fingerprint density at radius 2 is 1.60 bits per heavy atom. The van der Waals surface area contributed by atoms with E-state index in [0.717, 1.165) is 11.1 Å². The lowest BCUT2D eigenvalue weighted by molar-refractivity contribution is -0.142. The number of benzene rings is 2. The average Bonchev–Trinajstić information content (AvgIpc) is 3.14. The lowest BCUT2D eigenvalue weighted by Crippen LogP contribution is -2.33. The molecule has 0 aromatic heterocycles. The van der Waals surface area contributed by atoms with Gasteiger partial charge in [-0.1, -0.05) is 60.7 Å². The van der Waals surface area contributed by atoms with Crippen LogP contribution in [0.1, 0.15) is 23.7 Å². The molecule has 3 rings (SSSR count). The minimum absolute atomic E-state index is 0.0687. The molecule has 1 saturated heterocycles. The van der Waals surface area contributed by atoms with Gasteiger partial charge in [0.2, 0.25) is 5.91 Å². The molecule has 1 aliphatic rings. The number of carbonyl (C=O) groups excluding carboxylic acids is 1. The van der Waals surface area contributed by atoms with Crippen molar-refractivity contribution in [2.24, 2.45) is 5.92 Å². The summed E-state index contributed by atoms with van der Waals surface area (Å²) in [6.07, 6.45) is 0.172. The average molecular weight is 339 g/mol. The Morgan fingerprint density at radius 1 is 1.04 bits per heavy atom. The standard InChI is InChI=1S/C20H21NO4/c22-18(21-12-11-17(13-21)20(23)24)14-25-19(15-7-3-1-4-8-15)16-9-5-2-6-10-16/h1-10,17,19H,11-14H2,(H,23,24). The zero-order chi connectivity index (χ0) is 17.6. The van der Waals surface area contributed by atoms with E-state index in [1.54, 1.807) is 4.90 Å². The van der Waals surface area contributed by atoms with Crippen LogP contribution < -0.4 is 0 Å². The predicted octanol–water partition coefficient (Wildman–Crippen LogP) is 2.73. The number of rotatable bonds is 6. The number of nitrogens with zero attached hydrogens (tertiary/aromatic N) is 1. The van der Waals surface area contributed by atoms with Gasteiger partial charge in [0.25, 0.3) is 0 Å². The smallest absolute Gasteiger partial charge is 0.308 e. The van der Waals surface area contributed by atoms with Crippen molar-refractivity contribution in [1.29, 1.82) is 0 Å². The molecule has 25 heavy (non-hydrogen) atoms. The van der Waals surface area contributed by atoms with Gasteiger partial charge in [-0.05, 0) is 17.5 Å². The fraction of sp³-hybridized carbons (Fsp3) is 0.300. The number of amides is 1. The van der Waals surface area contributed by atoms with Crippen molar-refractivity contribution in [2.75, 3.05) is 19.7 Å². The van der Waals surface area contributed by atoms with Crippen LogP contribution in [0.2, 0.25) is 0 Å². The number of hydrogen-bond donors (Lipinski definition) is 1. The summed E-state index contributed by atoms with van der Waals surface area (Å²) in [6, 6.07) is 19.5. The molecular weight excluding hydrogens is 318 g/mol. The second-order valence-electron chi connectivity index (χ2n) is 6.18. The Morgan fingerprint density at radius 3 is 2.08 bits per heavy atom. The van der Waals surface area contributed by atoms with Gasteiger partial charge in [0.15, 0.2) is 0 Å². The van der Waals surface area contributed by atoms with Gasteiger partial charge in [0.05, 0.1) is 5.92 Å². The number of carbonyl (C=O) groups is 2. The Labute approximate surface area is 146 Å². The van der Waals surface area contributed by atoms with E-state index in [-0.39, 0.29) is 25.2 Å². The number of carboxylic acids is 1. The molecule has 2 aromatic rings. The summed E-state index contributed by atoms with van der Waals surface area (Å²) in [5, 5.41) is 9.06. The monoisotopic (exact) mass is 339 g/mol. The number of ether oxygens (including phenoxy) is 1. The van der Waals surface area contributed by atoms with Gasteiger partial charge in [0, 0.05) is 13.1 Å². The normalized spacial score (nSPS) is 17.0. The maximum atomic E-state index is 12.4. The van der Waals surface area contributed by atoms with Gasteiger partial charge >= 0.3 is 5.97 Å². The van der Waals surface area contributed by atoms with Gasteiger partial charge < -0.3 is 14.7 Å². The molecule has 1 fully saturated rings. The van der Waals surface area contributed by atoms with E-state index in [2.05, 4.69) is 0 Å². The third-order valence-electron chi connectivity index (χ3n) is 4.47. The Hall–Kier alpha value is -2.66. The van der Waals surface area contributed by atoms with Crippen LogP contribution in [0.25, 0.3) is 0 Å². The molecule has 0 bridgehead atoms. The van der Waals surface area contributed by atoms with Gasteiger partial charge in [-0.3, -0.25) is 9.59 Å². The van der Waals surface area contributed by atoms with Crippen LogP contribution in [-0.4, -0.2) is 41.6 Å². The van der Waals surface area contributed by atoms with E-state index in [4.69, 9.17) is 9.84 Å². The van der Waals surface area contributed by atoms with Crippen molar-refractivity contribution in [3.05, 3.63) is 71.8 Å². The SMILES string of the molecule is O=C(O)C1CCN(C(=O)COC(c2ccccc2)c2ccccc2)C1. The minimum Gasteiger partial charge on any atom is -0.481 e. The summed E-state index contributed by atoms with van der Waals surface area (Å²) < 4.78 is 5.95. The highest BCUT2D eigenvalue weighted by Crippen LogP contribution is 2.26. The highest BCUT2D eigenvalue weighted by Gasteiger charge is 2.31. The van der Waals surface area contributed by atoms with Crippen molar-refractivity contribution >= 4 is 11.9 Å². The van der Waals surface area contributed by atoms with Crippen molar-refractivity contribution in [2.45, 2.75) is 12.5 Å². The molecule has 2 aromatic carbocycles. The van der Waals surface area contributed by atoms with Crippen LogP contribution in [0.3, 0.4) is 0 Å². The first-order valence-corrected chi connectivity index (χ1v) is 8.37. The zero-order valence-corrected chi connectivity index (χ0v) is 13.9. The fourth-order valence-electron chi connectivity index (χ4n) is 3.07. The first kappa shape index (κ1) is 17.2. The molecule has 1 aliphatic heterocycles. The van der Waals surface area contributed by atoms with Gasteiger partial charge in [-0.25, -0.2) is 0 Å². The molecule has 1 N–H and O–H groups in total. The first-order valence-electron chi connectivity index (χ1n) is 8.37.